The fourth-order valence-electron chi connectivity index (χ4n) is 5.00. The number of ether oxygens (including phenoxy) is 2. The van der Waals surface area contributed by atoms with Crippen molar-refractivity contribution in [1.82, 2.24) is 9.80 Å². The van der Waals surface area contributed by atoms with Crippen LogP contribution >= 0.6 is 11.6 Å². The number of amides is 1. The Labute approximate surface area is 206 Å². The lowest BCUT2D eigenvalue weighted by molar-refractivity contribution is -0.139. The van der Waals surface area contributed by atoms with Crippen LogP contribution in [0.2, 0.25) is 5.02 Å². The maximum absolute atomic E-state index is 13.9. The van der Waals surface area contributed by atoms with E-state index in [4.69, 9.17) is 21.1 Å². The van der Waals surface area contributed by atoms with Crippen molar-refractivity contribution >= 4 is 17.5 Å². The summed E-state index contributed by atoms with van der Waals surface area (Å²) in [6.45, 7) is 9.18. The van der Waals surface area contributed by atoms with E-state index in [1.165, 1.54) is 6.07 Å². The number of rotatable bonds is 7. The maximum Gasteiger partial charge on any atom is 0.223 e. The molecule has 7 heteroatoms. The van der Waals surface area contributed by atoms with E-state index in [2.05, 4.69) is 4.90 Å². The van der Waals surface area contributed by atoms with Gasteiger partial charge in [0.2, 0.25) is 5.91 Å². The first-order chi connectivity index (χ1) is 16.3. The van der Waals surface area contributed by atoms with E-state index in [0.717, 1.165) is 48.4 Å². The molecule has 0 bridgehead atoms. The van der Waals surface area contributed by atoms with E-state index in [1.54, 1.807) is 6.07 Å². The zero-order valence-electron chi connectivity index (χ0n) is 20.1. The normalized spacial score (nSPS) is 21.5. The molecule has 2 heterocycles. The molecule has 2 aromatic carbocycles. The summed E-state index contributed by atoms with van der Waals surface area (Å²) in [7, 11) is 0. The zero-order valence-corrected chi connectivity index (χ0v) is 20.9. The summed E-state index contributed by atoms with van der Waals surface area (Å²) in [6, 6.07) is 10.6. The number of carbonyl (C=O) groups is 1. The predicted octanol–water partition coefficient (Wildman–Crippen LogP) is 5.01. The van der Waals surface area contributed by atoms with Crippen LogP contribution in [0.5, 0.6) is 5.75 Å². The second kappa shape index (κ2) is 11.1. The highest BCUT2D eigenvalue weighted by atomic mass is 35.5. The standard InChI is InChI=1S/C27H34ClFN2O3/c1-20-4-5-23(29)15-22(20)17-30-9-3-8-27(18-30,16-26(32)31-10-12-33-13-11-31)19-34-24-6-7-25(28)21(2)14-24/h4-7,14-15H,3,8-13,16-19H2,1-2H3/t27-/m1/s1. The van der Waals surface area contributed by atoms with Gasteiger partial charge in [-0.3, -0.25) is 9.69 Å². The lowest BCUT2D eigenvalue weighted by Crippen LogP contribution is -2.50. The van der Waals surface area contributed by atoms with Crippen LogP contribution in [-0.2, 0) is 16.1 Å². The van der Waals surface area contributed by atoms with E-state index < -0.39 is 0 Å². The van der Waals surface area contributed by atoms with Gasteiger partial charge in [-0.15, -0.1) is 0 Å². The smallest absolute Gasteiger partial charge is 0.223 e. The first-order valence-corrected chi connectivity index (χ1v) is 12.4. The molecule has 34 heavy (non-hydrogen) atoms. The summed E-state index contributed by atoms with van der Waals surface area (Å²) < 4.78 is 25.6. The molecule has 0 unspecified atom stereocenters. The fraction of sp³-hybridized carbons (Fsp3) is 0.519. The van der Waals surface area contributed by atoms with Gasteiger partial charge in [0.15, 0.2) is 0 Å². The Bertz CT molecular complexity index is 1010. The number of piperidine rings is 1. The quantitative estimate of drug-likeness (QED) is 0.549. The molecular formula is C27H34ClFN2O3. The minimum absolute atomic E-state index is 0.156. The van der Waals surface area contributed by atoms with Gasteiger partial charge in [-0.05, 0) is 80.3 Å². The van der Waals surface area contributed by atoms with Gasteiger partial charge in [-0.2, -0.15) is 0 Å². The Morgan fingerprint density at radius 2 is 1.91 bits per heavy atom. The molecule has 2 fully saturated rings. The first-order valence-electron chi connectivity index (χ1n) is 12.1. The first kappa shape index (κ1) is 25.0. The number of hydrogen-bond acceptors (Lipinski definition) is 4. The van der Waals surface area contributed by atoms with Crippen LogP contribution in [0.4, 0.5) is 4.39 Å². The topological polar surface area (TPSA) is 42.0 Å². The molecule has 1 atom stereocenters. The number of hydrogen-bond donors (Lipinski definition) is 0. The third-order valence-electron chi connectivity index (χ3n) is 7.01. The van der Waals surface area contributed by atoms with Gasteiger partial charge in [-0.25, -0.2) is 4.39 Å². The van der Waals surface area contributed by atoms with Crippen LogP contribution < -0.4 is 4.74 Å². The van der Waals surface area contributed by atoms with Crippen molar-refractivity contribution in [3.63, 3.8) is 0 Å². The van der Waals surface area contributed by atoms with Gasteiger partial charge in [0, 0.05) is 43.0 Å². The number of halogens is 2. The van der Waals surface area contributed by atoms with Crippen LogP contribution in [0.3, 0.4) is 0 Å². The molecule has 4 rings (SSSR count). The van der Waals surface area contributed by atoms with Crippen LogP contribution in [0.25, 0.3) is 0 Å². The number of morpholine rings is 1. The molecule has 0 N–H and O–H groups in total. The molecule has 0 spiro atoms. The van der Waals surface area contributed by atoms with Crippen molar-refractivity contribution < 1.29 is 18.7 Å². The summed E-state index contributed by atoms with van der Waals surface area (Å²) in [5.74, 6) is 0.703. The largest absolute Gasteiger partial charge is 0.493 e. The molecule has 2 aliphatic rings. The highest BCUT2D eigenvalue weighted by Crippen LogP contribution is 2.36. The molecule has 0 radical (unpaired) electrons. The summed E-state index contributed by atoms with van der Waals surface area (Å²) in [6.07, 6.45) is 2.31. The van der Waals surface area contributed by atoms with Gasteiger partial charge in [0.05, 0.1) is 19.8 Å². The highest BCUT2D eigenvalue weighted by molar-refractivity contribution is 6.31. The van der Waals surface area contributed by atoms with E-state index in [0.29, 0.717) is 50.9 Å². The second-order valence-corrected chi connectivity index (χ2v) is 10.2. The second-order valence-electron chi connectivity index (χ2n) is 9.75. The van der Waals surface area contributed by atoms with Crippen molar-refractivity contribution in [3.05, 3.63) is 63.9 Å². The van der Waals surface area contributed by atoms with Gasteiger partial charge in [-0.1, -0.05) is 17.7 Å². The van der Waals surface area contributed by atoms with Crippen LogP contribution in [0, 0.1) is 25.1 Å². The minimum Gasteiger partial charge on any atom is -0.493 e. The van der Waals surface area contributed by atoms with Gasteiger partial charge in [0.1, 0.15) is 11.6 Å². The molecule has 0 saturated carbocycles. The summed E-state index contributed by atoms with van der Waals surface area (Å²) in [5, 5.41) is 0.707. The number of aryl methyl sites for hydroxylation is 2. The maximum atomic E-state index is 13.9. The van der Waals surface area contributed by atoms with Crippen LogP contribution in [0.1, 0.15) is 36.0 Å². The van der Waals surface area contributed by atoms with Gasteiger partial charge in [0.25, 0.3) is 0 Å². The summed E-state index contributed by atoms with van der Waals surface area (Å²) in [4.78, 5) is 17.5. The highest BCUT2D eigenvalue weighted by Gasteiger charge is 2.39. The fourth-order valence-corrected chi connectivity index (χ4v) is 5.12. The molecule has 2 aliphatic heterocycles. The average molecular weight is 489 g/mol. The molecule has 0 aliphatic carbocycles. The predicted molar refractivity (Wildman–Crippen MR) is 132 cm³/mol. The molecular weight excluding hydrogens is 455 g/mol. The van der Waals surface area contributed by atoms with Crippen molar-refractivity contribution in [3.8, 4) is 5.75 Å². The monoisotopic (exact) mass is 488 g/mol. The Balaban J connectivity index is 1.52. The average Bonchev–Trinajstić information content (AvgIpc) is 2.83. The number of likely N-dealkylation sites (tertiary alicyclic amines) is 1. The molecule has 5 nitrogen and oxygen atoms in total. The summed E-state index contributed by atoms with van der Waals surface area (Å²) >= 11 is 6.18. The third kappa shape index (κ3) is 6.29. The molecule has 2 saturated heterocycles. The zero-order chi connectivity index (χ0) is 24.1. The number of nitrogens with zero attached hydrogens (tertiary/aromatic N) is 2. The Morgan fingerprint density at radius 3 is 2.68 bits per heavy atom. The van der Waals surface area contributed by atoms with Crippen LogP contribution in [0.15, 0.2) is 36.4 Å². The van der Waals surface area contributed by atoms with E-state index in [9.17, 15) is 9.18 Å². The lowest BCUT2D eigenvalue weighted by Gasteiger charge is -2.43. The number of benzene rings is 2. The molecule has 0 aromatic heterocycles. The molecule has 2 aromatic rings. The van der Waals surface area contributed by atoms with Crippen molar-refractivity contribution in [2.24, 2.45) is 5.41 Å². The summed E-state index contributed by atoms with van der Waals surface area (Å²) in [5.41, 5.74) is 2.71. The van der Waals surface area contributed by atoms with Gasteiger partial charge >= 0.3 is 0 Å². The lowest BCUT2D eigenvalue weighted by atomic mass is 9.77. The molecule has 184 valence electrons. The third-order valence-corrected chi connectivity index (χ3v) is 7.43. The Kier molecular flexibility index (Phi) is 8.12. The SMILES string of the molecule is Cc1cc(OC[C@@]2(CC(=O)N3CCOCC3)CCCN(Cc3cc(F)ccc3C)C2)ccc1Cl. The number of carbonyl (C=O) groups excluding carboxylic acids is 1. The Morgan fingerprint density at radius 1 is 1.12 bits per heavy atom. The van der Waals surface area contributed by atoms with Crippen molar-refractivity contribution in [1.29, 1.82) is 0 Å². The minimum atomic E-state index is -0.317. The van der Waals surface area contributed by atoms with Crippen molar-refractivity contribution in [2.45, 2.75) is 39.7 Å². The molecule has 1 amide bonds. The van der Waals surface area contributed by atoms with E-state index >= 15 is 0 Å². The van der Waals surface area contributed by atoms with Gasteiger partial charge < -0.3 is 14.4 Å². The van der Waals surface area contributed by atoms with Crippen molar-refractivity contribution in [2.75, 3.05) is 46.0 Å². The van der Waals surface area contributed by atoms with E-state index in [-0.39, 0.29) is 17.1 Å². The Hall–Kier alpha value is -2.15. The van der Waals surface area contributed by atoms with Crippen LogP contribution in [-0.4, -0.2) is 61.7 Å². The van der Waals surface area contributed by atoms with E-state index in [1.807, 2.05) is 43.0 Å².